The second kappa shape index (κ2) is 8.64. The van der Waals surface area contributed by atoms with Crippen LogP contribution in [0.3, 0.4) is 0 Å². The highest BCUT2D eigenvalue weighted by molar-refractivity contribution is 5.88. The molecule has 6 nitrogen and oxygen atoms in total. The average molecular weight is 442 g/mol. The zero-order chi connectivity index (χ0) is 22.9. The van der Waals surface area contributed by atoms with E-state index in [9.17, 15) is 4.39 Å². The van der Waals surface area contributed by atoms with Gasteiger partial charge in [0, 0.05) is 42.2 Å². The number of hydrogen-bond acceptors (Lipinski definition) is 5. The van der Waals surface area contributed by atoms with E-state index in [1.807, 2.05) is 43.6 Å². The Hall–Kier alpha value is -3.76. The number of rotatable bonds is 5. The summed E-state index contributed by atoms with van der Waals surface area (Å²) in [5.74, 6) is 0.575. The number of nitrogens with zero attached hydrogens (tertiary/aromatic N) is 5. The van der Waals surface area contributed by atoms with Crippen molar-refractivity contribution in [2.45, 2.75) is 6.42 Å². The van der Waals surface area contributed by atoms with E-state index < -0.39 is 5.82 Å². The summed E-state index contributed by atoms with van der Waals surface area (Å²) in [5.41, 5.74) is 3.85. The molecule has 0 radical (unpaired) electrons. The summed E-state index contributed by atoms with van der Waals surface area (Å²) in [6.07, 6.45) is 4.79. The fourth-order valence-electron chi connectivity index (χ4n) is 4.41. The van der Waals surface area contributed by atoms with Gasteiger partial charge in [0.15, 0.2) is 0 Å². The standard InChI is InChI=1S/C26H24FN5O/c1-31-8-7-17(14-31)16-33-22-11-23(18-3-5-20(12-28)24(27)9-18)26(29-13-22)19-4-6-21-15-32(2)30-25(21)10-19/h3-6,9-11,13,15,17H,7-8,14,16H2,1-2H3. The first-order chi connectivity index (χ1) is 16.0. The lowest BCUT2D eigenvalue weighted by Crippen LogP contribution is -2.18. The maximum absolute atomic E-state index is 14.5. The summed E-state index contributed by atoms with van der Waals surface area (Å²) < 4.78 is 22.3. The first-order valence-corrected chi connectivity index (χ1v) is 11.0. The normalized spacial score (nSPS) is 16.2. The molecule has 1 saturated heterocycles. The van der Waals surface area contributed by atoms with Gasteiger partial charge >= 0.3 is 0 Å². The molecule has 1 aliphatic heterocycles. The number of hydrogen-bond donors (Lipinski definition) is 0. The molecule has 166 valence electrons. The summed E-state index contributed by atoms with van der Waals surface area (Å²) in [5, 5.41) is 14.7. The molecule has 33 heavy (non-hydrogen) atoms. The zero-order valence-corrected chi connectivity index (χ0v) is 18.6. The van der Waals surface area contributed by atoms with E-state index in [2.05, 4.69) is 17.0 Å². The molecule has 1 fully saturated rings. The number of aryl methyl sites for hydroxylation is 1. The SMILES string of the molecule is CN1CCC(COc2cnc(-c3ccc4cn(C)nc4c3)c(-c3ccc(C#N)c(F)c3)c2)C1. The Bertz CT molecular complexity index is 1370. The van der Waals surface area contributed by atoms with Gasteiger partial charge in [-0.3, -0.25) is 9.67 Å². The summed E-state index contributed by atoms with van der Waals surface area (Å²) in [6, 6.07) is 14.4. The molecule has 2 aromatic heterocycles. The lowest BCUT2D eigenvalue weighted by atomic mass is 9.97. The van der Waals surface area contributed by atoms with Gasteiger partial charge in [-0.1, -0.05) is 18.2 Å². The van der Waals surface area contributed by atoms with Crippen molar-refractivity contribution in [3.8, 4) is 34.2 Å². The Morgan fingerprint density at radius 3 is 2.76 bits per heavy atom. The van der Waals surface area contributed by atoms with Crippen molar-refractivity contribution in [1.82, 2.24) is 19.7 Å². The number of benzene rings is 2. The van der Waals surface area contributed by atoms with Crippen molar-refractivity contribution in [2.75, 3.05) is 26.7 Å². The first kappa shape index (κ1) is 21.1. The zero-order valence-electron chi connectivity index (χ0n) is 18.6. The van der Waals surface area contributed by atoms with Crippen LogP contribution in [0, 0.1) is 23.1 Å². The van der Waals surface area contributed by atoms with E-state index in [1.165, 1.54) is 12.1 Å². The van der Waals surface area contributed by atoms with Crippen LogP contribution in [0.15, 0.2) is 54.9 Å². The van der Waals surface area contributed by atoms with Gasteiger partial charge in [-0.05, 0) is 49.8 Å². The smallest absolute Gasteiger partial charge is 0.141 e. The van der Waals surface area contributed by atoms with Crippen molar-refractivity contribution in [1.29, 1.82) is 5.26 Å². The molecular weight excluding hydrogens is 417 g/mol. The van der Waals surface area contributed by atoms with Gasteiger partial charge in [0.25, 0.3) is 0 Å². The minimum Gasteiger partial charge on any atom is -0.492 e. The summed E-state index contributed by atoms with van der Waals surface area (Å²) in [7, 11) is 4.00. The fraction of sp³-hybridized carbons (Fsp3) is 0.269. The van der Waals surface area contributed by atoms with Gasteiger partial charge in [0.1, 0.15) is 17.6 Å². The number of halogens is 1. The third-order valence-corrected chi connectivity index (χ3v) is 6.13. The number of likely N-dealkylation sites (tertiary alicyclic amines) is 1. The summed E-state index contributed by atoms with van der Waals surface area (Å²) in [4.78, 5) is 7.01. The van der Waals surface area contributed by atoms with E-state index in [0.29, 0.717) is 29.5 Å². The van der Waals surface area contributed by atoms with Crippen LogP contribution in [0.4, 0.5) is 4.39 Å². The maximum Gasteiger partial charge on any atom is 0.141 e. The molecule has 3 heterocycles. The first-order valence-electron chi connectivity index (χ1n) is 11.0. The van der Waals surface area contributed by atoms with Gasteiger partial charge in [-0.25, -0.2) is 4.39 Å². The highest BCUT2D eigenvalue weighted by Gasteiger charge is 2.20. The van der Waals surface area contributed by atoms with E-state index in [4.69, 9.17) is 15.0 Å². The van der Waals surface area contributed by atoms with Crippen LogP contribution in [-0.2, 0) is 7.05 Å². The number of fused-ring (bicyclic) bond motifs is 1. The van der Waals surface area contributed by atoms with Crippen molar-refractivity contribution in [2.24, 2.45) is 13.0 Å². The van der Waals surface area contributed by atoms with Crippen LogP contribution in [0.25, 0.3) is 33.3 Å². The molecule has 0 N–H and O–H groups in total. The molecule has 1 atom stereocenters. The molecule has 0 amide bonds. The van der Waals surface area contributed by atoms with Gasteiger partial charge < -0.3 is 9.64 Å². The van der Waals surface area contributed by atoms with Crippen LogP contribution in [0.2, 0.25) is 0 Å². The van der Waals surface area contributed by atoms with Crippen molar-refractivity contribution >= 4 is 10.9 Å². The van der Waals surface area contributed by atoms with E-state index in [1.54, 1.807) is 16.9 Å². The van der Waals surface area contributed by atoms with Gasteiger partial charge in [-0.15, -0.1) is 0 Å². The monoisotopic (exact) mass is 441 g/mol. The number of ether oxygens (including phenoxy) is 1. The summed E-state index contributed by atoms with van der Waals surface area (Å²) in [6.45, 7) is 2.71. The second-order valence-electron chi connectivity index (χ2n) is 8.68. The molecule has 0 bridgehead atoms. The minimum absolute atomic E-state index is 0.0147. The topological polar surface area (TPSA) is 67.0 Å². The van der Waals surface area contributed by atoms with Gasteiger partial charge in [0.05, 0.1) is 29.6 Å². The largest absolute Gasteiger partial charge is 0.492 e. The van der Waals surface area contributed by atoms with Gasteiger partial charge in [0.2, 0.25) is 0 Å². The highest BCUT2D eigenvalue weighted by atomic mass is 19.1. The van der Waals surface area contributed by atoms with Crippen molar-refractivity contribution in [3.05, 3.63) is 66.2 Å². The molecule has 0 spiro atoms. The van der Waals surface area contributed by atoms with Crippen LogP contribution in [-0.4, -0.2) is 46.4 Å². The Labute approximate surface area is 191 Å². The minimum atomic E-state index is -0.554. The Kier molecular flexibility index (Phi) is 5.53. The van der Waals surface area contributed by atoms with Crippen LogP contribution in [0.1, 0.15) is 12.0 Å². The quantitative estimate of drug-likeness (QED) is 0.451. The van der Waals surface area contributed by atoms with E-state index in [0.717, 1.165) is 41.5 Å². The lowest BCUT2D eigenvalue weighted by molar-refractivity contribution is 0.248. The van der Waals surface area contributed by atoms with E-state index >= 15 is 0 Å². The molecule has 1 unspecified atom stereocenters. The lowest BCUT2D eigenvalue weighted by Gasteiger charge is -2.15. The predicted octanol–water partition coefficient (Wildman–Crippen LogP) is 4.64. The predicted molar refractivity (Wildman–Crippen MR) is 125 cm³/mol. The van der Waals surface area contributed by atoms with Crippen LogP contribution >= 0.6 is 0 Å². The Morgan fingerprint density at radius 1 is 1.15 bits per heavy atom. The van der Waals surface area contributed by atoms with E-state index in [-0.39, 0.29) is 5.56 Å². The summed E-state index contributed by atoms with van der Waals surface area (Å²) >= 11 is 0. The van der Waals surface area contributed by atoms with Crippen molar-refractivity contribution < 1.29 is 9.13 Å². The fourth-order valence-corrected chi connectivity index (χ4v) is 4.41. The Morgan fingerprint density at radius 2 is 2.00 bits per heavy atom. The van der Waals surface area contributed by atoms with Crippen LogP contribution in [0.5, 0.6) is 5.75 Å². The number of nitriles is 1. The molecule has 1 aliphatic rings. The number of pyridine rings is 1. The maximum atomic E-state index is 14.5. The third kappa shape index (κ3) is 4.30. The van der Waals surface area contributed by atoms with Gasteiger partial charge in [-0.2, -0.15) is 10.4 Å². The molecule has 0 aliphatic carbocycles. The number of aromatic nitrogens is 3. The third-order valence-electron chi connectivity index (χ3n) is 6.13. The Balaban J connectivity index is 1.55. The molecule has 5 rings (SSSR count). The van der Waals surface area contributed by atoms with Crippen molar-refractivity contribution in [3.63, 3.8) is 0 Å². The second-order valence-corrected chi connectivity index (χ2v) is 8.68. The van der Waals surface area contributed by atoms with Crippen LogP contribution < -0.4 is 4.74 Å². The molecule has 7 heteroatoms. The average Bonchev–Trinajstić information content (AvgIpc) is 3.40. The highest BCUT2D eigenvalue weighted by Crippen LogP contribution is 2.35. The molecule has 0 saturated carbocycles. The molecular formula is C26H24FN5O. The molecule has 2 aromatic carbocycles. The molecule has 4 aromatic rings.